The van der Waals surface area contributed by atoms with Crippen molar-refractivity contribution < 1.29 is 8.83 Å². The first-order chi connectivity index (χ1) is 31.2. The predicted octanol–water partition coefficient (Wildman–Crippen LogP) is 16.0. The third kappa shape index (κ3) is 5.87. The summed E-state index contributed by atoms with van der Waals surface area (Å²) in [5.41, 5.74) is 12.7. The largest absolute Gasteiger partial charge is 0.456 e. The minimum atomic E-state index is 0.571. The van der Waals surface area contributed by atoms with Crippen molar-refractivity contribution >= 4 is 75.4 Å². The van der Waals surface area contributed by atoms with E-state index in [-0.39, 0.29) is 0 Å². The van der Waals surface area contributed by atoms with Crippen molar-refractivity contribution in [3.05, 3.63) is 200 Å². The number of furan rings is 2. The lowest BCUT2D eigenvalue weighted by Crippen LogP contribution is -2.00. The zero-order valence-corrected chi connectivity index (χ0v) is 34.4. The average Bonchev–Trinajstić information content (AvgIpc) is 4.06. The second-order valence-corrected chi connectivity index (χ2v) is 17.0. The number of para-hydroxylation sites is 2. The van der Waals surface area contributed by atoms with E-state index in [1.54, 1.807) is 0 Å². The van der Waals surface area contributed by atoms with Crippen LogP contribution in [0.1, 0.15) is 0 Å². The number of nitrogens with zero attached hydrogens (tertiary/aromatic N) is 3. The second-order valence-electron chi connectivity index (χ2n) is 15.9. The molecule has 0 radical (unpaired) electrons. The van der Waals surface area contributed by atoms with Crippen LogP contribution in [-0.2, 0) is 0 Å². The zero-order valence-electron chi connectivity index (χ0n) is 33.6. The smallest absolute Gasteiger partial charge is 0.164 e. The maximum atomic E-state index is 6.79. The van der Waals surface area contributed by atoms with Gasteiger partial charge < -0.3 is 8.83 Å². The summed E-state index contributed by atoms with van der Waals surface area (Å²) in [6.45, 7) is 0. The summed E-state index contributed by atoms with van der Waals surface area (Å²) in [6, 6.07) is 69.7. The molecule has 9 aromatic carbocycles. The fourth-order valence-corrected chi connectivity index (χ4v) is 10.3. The number of aromatic nitrogens is 3. The molecule has 13 aromatic rings. The summed E-state index contributed by atoms with van der Waals surface area (Å²) in [6.07, 6.45) is 0. The Labute approximate surface area is 365 Å². The highest BCUT2D eigenvalue weighted by Crippen LogP contribution is 2.46. The molecule has 0 bridgehead atoms. The number of rotatable bonds is 6. The lowest BCUT2D eigenvalue weighted by molar-refractivity contribution is 0.669. The quantitative estimate of drug-likeness (QED) is 0.167. The molecule has 0 amide bonds. The SMILES string of the molecule is c1ccc(-c2cccc(-c3nc(-c4ccc(-c5ccc(-c6cccc7sc8ccccc8c67)c6oc7ccccc7c56)cc4)nc(-c4ccc5c(c4)oc4ccccc45)n3)c2)cc1. The van der Waals surface area contributed by atoms with E-state index in [9.17, 15) is 0 Å². The molecule has 0 saturated heterocycles. The normalized spacial score (nSPS) is 11.8. The van der Waals surface area contributed by atoms with Crippen molar-refractivity contribution in [3.8, 4) is 67.5 Å². The Morgan fingerprint density at radius 1 is 0.302 bits per heavy atom. The van der Waals surface area contributed by atoms with Gasteiger partial charge >= 0.3 is 0 Å². The summed E-state index contributed by atoms with van der Waals surface area (Å²) in [5.74, 6) is 1.75. The number of benzene rings is 9. The van der Waals surface area contributed by atoms with Gasteiger partial charge in [-0.2, -0.15) is 0 Å². The molecule has 0 aliphatic rings. The van der Waals surface area contributed by atoms with Gasteiger partial charge in [0.1, 0.15) is 22.3 Å². The first kappa shape index (κ1) is 35.6. The molecule has 5 nitrogen and oxygen atoms in total. The van der Waals surface area contributed by atoms with Crippen LogP contribution in [0.5, 0.6) is 0 Å². The standard InChI is InChI=1S/C57H33N3O2S/c1-2-12-34(13-3-1)37-14-10-15-38(32-37)56-58-55(59-57(60-56)39-28-29-42-41-16-4-7-20-47(41)61-49(42)33-39)36-26-24-35(25-27-36)40-30-31-44(54-53(40)45-17-5-8-21-48(45)62-54)43-19-11-23-51-52(43)46-18-6-9-22-50(46)63-51/h1-33H. The van der Waals surface area contributed by atoms with Crippen molar-refractivity contribution in [2.45, 2.75) is 0 Å². The molecular formula is C57H33N3O2S. The highest BCUT2D eigenvalue weighted by atomic mass is 32.1. The zero-order chi connectivity index (χ0) is 41.4. The number of hydrogen-bond donors (Lipinski definition) is 0. The molecule has 294 valence electrons. The third-order valence-corrected chi connectivity index (χ3v) is 13.3. The van der Waals surface area contributed by atoms with Crippen molar-refractivity contribution in [2.24, 2.45) is 0 Å². The van der Waals surface area contributed by atoms with E-state index < -0.39 is 0 Å². The van der Waals surface area contributed by atoms with E-state index in [1.807, 2.05) is 47.7 Å². The second kappa shape index (κ2) is 14.2. The topological polar surface area (TPSA) is 65.0 Å². The summed E-state index contributed by atoms with van der Waals surface area (Å²) in [4.78, 5) is 15.4. The van der Waals surface area contributed by atoms with E-state index in [1.165, 1.54) is 25.7 Å². The van der Waals surface area contributed by atoms with E-state index in [0.29, 0.717) is 17.5 Å². The minimum Gasteiger partial charge on any atom is -0.456 e. The molecule has 4 heterocycles. The number of thiophene rings is 1. The van der Waals surface area contributed by atoms with Gasteiger partial charge in [0.15, 0.2) is 17.5 Å². The minimum absolute atomic E-state index is 0.571. The molecule has 0 unspecified atom stereocenters. The van der Waals surface area contributed by atoms with Crippen LogP contribution in [0.3, 0.4) is 0 Å². The molecule has 0 spiro atoms. The molecule has 0 aliphatic carbocycles. The Morgan fingerprint density at radius 2 is 0.873 bits per heavy atom. The molecule has 0 saturated carbocycles. The van der Waals surface area contributed by atoms with Crippen molar-refractivity contribution in [2.75, 3.05) is 0 Å². The summed E-state index contributed by atoms with van der Waals surface area (Å²) in [7, 11) is 0. The van der Waals surface area contributed by atoms with Gasteiger partial charge in [0.25, 0.3) is 0 Å². The maximum Gasteiger partial charge on any atom is 0.164 e. The third-order valence-electron chi connectivity index (χ3n) is 12.2. The van der Waals surface area contributed by atoms with E-state index in [4.69, 9.17) is 23.8 Å². The van der Waals surface area contributed by atoms with Crippen LogP contribution in [0.15, 0.2) is 209 Å². The monoisotopic (exact) mass is 823 g/mol. The van der Waals surface area contributed by atoms with Crippen molar-refractivity contribution in [3.63, 3.8) is 0 Å². The van der Waals surface area contributed by atoms with Gasteiger partial charge in [-0.3, -0.25) is 0 Å². The lowest BCUT2D eigenvalue weighted by Gasteiger charge is -2.11. The van der Waals surface area contributed by atoms with E-state index >= 15 is 0 Å². The van der Waals surface area contributed by atoms with Crippen molar-refractivity contribution in [1.82, 2.24) is 15.0 Å². The van der Waals surface area contributed by atoms with E-state index in [0.717, 1.165) is 88.4 Å². The average molecular weight is 824 g/mol. The molecule has 63 heavy (non-hydrogen) atoms. The maximum absolute atomic E-state index is 6.79. The van der Waals surface area contributed by atoms with Crippen LogP contribution >= 0.6 is 11.3 Å². The highest BCUT2D eigenvalue weighted by Gasteiger charge is 2.21. The van der Waals surface area contributed by atoms with Gasteiger partial charge in [-0.25, -0.2) is 15.0 Å². The van der Waals surface area contributed by atoms with Crippen LogP contribution in [-0.4, -0.2) is 15.0 Å². The molecular weight excluding hydrogens is 791 g/mol. The molecule has 0 N–H and O–H groups in total. The Balaban J connectivity index is 0.950. The fourth-order valence-electron chi connectivity index (χ4n) is 9.18. The van der Waals surface area contributed by atoms with Gasteiger partial charge in [-0.15, -0.1) is 11.3 Å². The molecule has 0 aliphatic heterocycles. The van der Waals surface area contributed by atoms with Gasteiger partial charge in [-0.05, 0) is 76.3 Å². The highest BCUT2D eigenvalue weighted by molar-refractivity contribution is 7.25. The molecule has 13 rings (SSSR count). The van der Waals surface area contributed by atoms with Gasteiger partial charge in [0.05, 0.1) is 0 Å². The van der Waals surface area contributed by atoms with Crippen LogP contribution in [0, 0.1) is 0 Å². The van der Waals surface area contributed by atoms with Crippen LogP contribution in [0.25, 0.3) is 132 Å². The first-order valence-electron chi connectivity index (χ1n) is 21.0. The fraction of sp³-hybridized carbons (Fsp3) is 0. The Bertz CT molecular complexity index is 3920. The van der Waals surface area contributed by atoms with Gasteiger partial charge in [0, 0.05) is 64.0 Å². The Hall–Kier alpha value is -8.19. The number of hydrogen-bond acceptors (Lipinski definition) is 6. The van der Waals surface area contributed by atoms with Gasteiger partial charge in [0.2, 0.25) is 0 Å². The Kier molecular flexibility index (Phi) is 8.01. The molecule has 4 aromatic heterocycles. The summed E-state index contributed by atoms with van der Waals surface area (Å²) < 4.78 is 15.6. The van der Waals surface area contributed by atoms with Crippen LogP contribution < -0.4 is 0 Å². The van der Waals surface area contributed by atoms with Crippen LogP contribution in [0.2, 0.25) is 0 Å². The van der Waals surface area contributed by atoms with Crippen LogP contribution in [0.4, 0.5) is 0 Å². The predicted molar refractivity (Wildman–Crippen MR) is 260 cm³/mol. The first-order valence-corrected chi connectivity index (χ1v) is 21.8. The molecule has 6 heteroatoms. The van der Waals surface area contributed by atoms with E-state index in [2.05, 4.69) is 164 Å². The summed E-state index contributed by atoms with van der Waals surface area (Å²) in [5, 5.41) is 6.84. The van der Waals surface area contributed by atoms with Gasteiger partial charge in [-0.1, -0.05) is 152 Å². The number of fused-ring (bicyclic) bond motifs is 9. The van der Waals surface area contributed by atoms with Crippen molar-refractivity contribution in [1.29, 1.82) is 0 Å². The molecule has 0 atom stereocenters. The molecule has 0 fully saturated rings. The lowest BCUT2D eigenvalue weighted by atomic mass is 9.92. The Morgan fingerprint density at radius 3 is 1.70 bits per heavy atom. The summed E-state index contributed by atoms with van der Waals surface area (Å²) >= 11 is 1.83.